The van der Waals surface area contributed by atoms with E-state index in [2.05, 4.69) is 10.6 Å². The van der Waals surface area contributed by atoms with E-state index >= 15 is 0 Å². The van der Waals surface area contributed by atoms with Crippen LogP contribution in [0.5, 0.6) is 0 Å². The van der Waals surface area contributed by atoms with Crippen LogP contribution in [-0.4, -0.2) is 24.1 Å². The Morgan fingerprint density at radius 1 is 1.50 bits per heavy atom. The molecule has 0 bridgehead atoms. The molecule has 1 aliphatic rings. The topological polar surface area (TPSA) is 63.1 Å². The van der Waals surface area contributed by atoms with E-state index in [-0.39, 0.29) is 16.5 Å². The summed E-state index contributed by atoms with van der Waals surface area (Å²) in [7, 11) is 1.75. The second kappa shape index (κ2) is 3.61. The Morgan fingerprint density at radius 2 is 2.19 bits per heavy atom. The fourth-order valence-corrected chi connectivity index (χ4v) is 2.16. The Morgan fingerprint density at radius 3 is 2.81 bits per heavy atom. The second-order valence-electron chi connectivity index (χ2n) is 3.97. The van der Waals surface area contributed by atoms with Crippen molar-refractivity contribution in [3.63, 3.8) is 0 Å². The molecule has 1 aromatic rings. The third-order valence-corrected chi connectivity index (χ3v) is 2.95. The number of carbonyl (C=O) groups is 1. The molecule has 0 aliphatic carbocycles. The SMILES string of the molecule is CNCC1(C)NC(=O)c2ccc(Cl)c(=O)n21. The summed E-state index contributed by atoms with van der Waals surface area (Å²) in [6.45, 7) is 2.22. The van der Waals surface area contributed by atoms with Gasteiger partial charge in [-0.15, -0.1) is 0 Å². The number of pyridine rings is 1. The summed E-state index contributed by atoms with van der Waals surface area (Å²) in [6, 6.07) is 3.00. The number of aromatic nitrogens is 1. The standard InChI is InChI=1S/C10H12ClN3O2/c1-10(5-12-2)13-8(15)7-4-3-6(11)9(16)14(7)10/h3-4,12H,5H2,1-2H3,(H,13,15). The van der Waals surface area contributed by atoms with E-state index < -0.39 is 5.66 Å². The molecule has 1 aliphatic heterocycles. The van der Waals surface area contributed by atoms with E-state index in [4.69, 9.17) is 11.6 Å². The van der Waals surface area contributed by atoms with Crippen molar-refractivity contribution in [1.82, 2.24) is 15.2 Å². The zero-order chi connectivity index (χ0) is 11.9. The summed E-state index contributed by atoms with van der Waals surface area (Å²) < 4.78 is 1.40. The van der Waals surface area contributed by atoms with Crippen molar-refractivity contribution in [1.29, 1.82) is 0 Å². The lowest BCUT2D eigenvalue weighted by Gasteiger charge is -2.26. The fourth-order valence-electron chi connectivity index (χ4n) is 2.01. The Hall–Kier alpha value is -1.33. The minimum Gasteiger partial charge on any atom is -0.327 e. The Bertz CT molecular complexity index is 511. The molecule has 2 heterocycles. The van der Waals surface area contributed by atoms with Crippen molar-refractivity contribution in [2.45, 2.75) is 12.6 Å². The number of hydrogen-bond acceptors (Lipinski definition) is 3. The van der Waals surface area contributed by atoms with Gasteiger partial charge in [0.2, 0.25) is 0 Å². The summed E-state index contributed by atoms with van der Waals surface area (Å²) >= 11 is 5.77. The summed E-state index contributed by atoms with van der Waals surface area (Å²) in [4.78, 5) is 23.6. The van der Waals surface area contributed by atoms with Crippen molar-refractivity contribution in [2.75, 3.05) is 13.6 Å². The maximum Gasteiger partial charge on any atom is 0.271 e. The van der Waals surface area contributed by atoms with Crippen LogP contribution in [0.3, 0.4) is 0 Å². The first-order valence-corrected chi connectivity index (χ1v) is 5.26. The van der Waals surface area contributed by atoms with E-state index in [0.29, 0.717) is 12.2 Å². The Kier molecular flexibility index (Phi) is 2.52. The minimum atomic E-state index is -0.761. The van der Waals surface area contributed by atoms with Crippen LogP contribution >= 0.6 is 11.6 Å². The van der Waals surface area contributed by atoms with Crippen LogP contribution in [0.1, 0.15) is 17.4 Å². The van der Waals surface area contributed by atoms with Gasteiger partial charge in [-0.25, -0.2) is 0 Å². The van der Waals surface area contributed by atoms with Crippen molar-refractivity contribution in [3.8, 4) is 0 Å². The van der Waals surface area contributed by atoms with Gasteiger partial charge in [-0.2, -0.15) is 0 Å². The van der Waals surface area contributed by atoms with Gasteiger partial charge < -0.3 is 10.6 Å². The predicted molar refractivity (Wildman–Crippen MR) is 60.8 cm³/mol. The summed E-state index contributed by atoms with van der Waals surface area (Å²) in [5, 5.41) is 5.82. The quantitative estimate of drug-likeness (QED) is 0.774. The highest BCUT2D eigenvalue weighted by Crippen LogP contribution is 2.21. The van der Waals surface area contributed by atoms with Crippen molar-refractivity contribution >= 4 is 17.5 Å². The molecule has 5 nitrogen and oxygen atoms in total. The molecular formula is C10H12ClN3O2. The third-order valence-electron chi connectivity index (χ3n) is 2.67. The van der Waals surface area contributed by atoms with E-state index in [0.717, 1.165) is 0 Å². The van der Waals surface area contributed by atoms with E-state index in [9.17, 15) is 9.59 Å². The lowest BCUT2D eigenvalue weighted by Crippen LogP contribution is -2.51. The first-order chi connectivity index (χ1) is 7.49. The van der Waals surface area contributed by atoms with Crippen molar-refractivity contribution in [3.05, 3.63) is 33.2 Å². The predicted octanol–water partition coefficient (Wildman–Crippen LogP) is 0.137. The molecule has 6 heteroatoms. The highest BCUT2D eigenvalue weighted by atomic mass is 35.5. The van der Waals surface area contributed by atoms with Crippen LogP contribution in [0.2, 0.25) is 5.02 Å². The van der Waals surface area contributed by atoms with Gasteiger partial charge in [0.25, 0.3) is 11.5 Å². The van der Waals surface area contributed by atoms with Gasteiger partial charge in [0.15, 0.2) is 0 Å². The van der Waals surface area contributed by atoms with Crippen LogP contribution in [0.15, 0.2) is 16.9 Å². The first-order valence-electron chi connectivity index (χ1n) is 4.89. The molecular weight excluding hydrogens is 230 g/mol. The van der Waals surface area contributed by atoms with Crippen LogP contribution in [-0.2, 0) is 5.66 Å². The number of likely N-dealkylation sites (N-methyl/N-ethyl adjacent to an activating group) is 1. The number of hydrogen-bond donors (Lipinski definition) is 2. The van der Waals surface area contributed by atoms with Crippen LogP contribution in [0.25, 0.3) is 0 Å². The average Bonchev–Trinajstić information content (AvgIpc) is 2.45. The van der Waals surface area contributed by atoms with Crippen LogP contribution in [0, 0.1) is 0 Å². The maximum absolute atomic E-state index is 11.9. The number of carbonyl (C=O) groups excluding carboxylic acids is 1. The van der Waals surface area contributed by atoms with Gasteiger partial charge in [-0.1, -0.05) is 11.6 Å². The fraction of sp³-hybridized carbons (Fsp3) is 0.400. The number of fused-ring (bicyclic) bond motifs is 1. The van der Waals surface area contributed by atoms with Gasteiger partial charge >= 0.3 is 0 Å². The zero-order valence-corrected chi connectivity index (χ0v) is 9.76. The molecule has 0 saturated heterocycles. The molecule has 0 aromatic carbocycles. The molecule has 2 N–H and O–H groups in total. The molecule has 1 amide bonds. The van der Waals surface area contributed by atoms with Gasteiger partial charge in [-0.05, 0) is 26.1 Å². The van der Waals surface area contributed by atoms with Crippen LogP contribution < -0.4 is 16.2 Å². The Balaban J connectivity index is 2.68. The van der Waals surface area contributed by atoms with E-state index in [1.54, 1.807) is 20.0 Å². The Labute approximate surface area is 97.4 Å². The molecule has 1 atom stereocenters. The lowest BCUT2D eigenvalue weighted by molar-refractivity contribution is 0.0927. The van der Waals surface area contributed by atoms with Crippen LogP contribution in [0.4, 0.5) is 0 Å². The molecule has 0 radical (unpaired) electrons. The molecule has 86 valence electrons. The first kappa shape index (κ1) is 11.2. The number of nitrogens with one attached hydrogen (secondary N) is 2. The normalized spacial score (nSPS) is 23.1. The molecule has 2 rings (SSSR count). The molecule has 16 heavy (non-hydrogen) atoms. The van der Waals surface area contributed by atoms with Crippen molar-refractivity contribution < 1.29 is 4.79 Å². The average molecular weight is 242 g/mol. The number of halogens is 1. The second-order valence-corrected chi connectivity index (χ2v) is 4.37. The lowest BCUT2D eigenvalue weighted by atomic mass is 10.2. The number of rotatable bonds is 2. The summed E-state index contributed by atoms with van der Waals surface area (Å²) in [6.07, 6.45) is 0. The number of nitrogens with zero attached hydrogens (tertiary/aromatic N) is 1. The van der Waals surface area contributed by atoms with E-state index in [1.807, 2.05) is 0 Å². The summed E-state index contributed by atoms with van der Waals surface area (Å²) in [5.41, 5.74) is -0.772. The third kappa shape index (κ3) is 1.44. The van der Waals surface area contributed by atoms with E-state index in [1.165, 1.54) is 10.6 Å². The monoisotopic (exact) mass is 241 g/mol. The maximum atomic E-state index is 11.9. The summed E-state index contributed by atoms with van der Waals surface area (Å²) in [5.74, 6) is -0.258. The smallest absolute Gasteiger partial charge is 0.271 e. The van der Waals surface area contributed by atoms with Gasteiger partial charge in [0.1, 0.15) is 16.4 Å². The van der Waals surface area contributed by atoms with Gasteiger partial charge in [-0.3, -0.25) is 14.2 Å². The van der Waals surface area contributed by atoms with Gasteiger partial charge in [0.05, 0.1) is 0 Å². The molecule has 0 spiro atoms. The molecule has 1 unspecified atom stereocenters. The van der Waals surface area contributed by atoms with Crippen molar-refractivity contribution in [2.24, 2.45) is 0 Å². The van der Waals surface area contributed by atoms with Gasteiger partial charge in [0, 0.05) is 6.54 Å². The molecule has 0 saturated carbocycles. The molecule has 0 fully saturated rings. The molecule has 1 aromatic heterocycles. The zero-order valence-electron chi connectivity index (χ0n) is 9.00. The highest BCUT2D eigenvalue weighted by molar-refractivity contribution is 6.30. The largest absolute Gasteiger partial charge is 0.327 e. The highest BCUT2D eigenvalue weighted by Gasteiger charge is 2.39. The number of amides is 1. The minimum absolute atomic E-state index is 0.113.